The molecule has 0 saturated carbocycles. The average Bonchev–Trinajstić information content (AvgIpc) is 2.11. The Morgan fingerprint density at radius 3 is 2.62 bits per heavy atom. The van der Waals surface area contributed by atoms with Crippen molar-refractivity contribution in [3.8, 4) is 5.75 Å². The van der Waals surface area contributed by atoms with Crippen LogP contribution in [-0.2, 0) is 0 Å². The van der Waals surface area contributed by atoms with Crippen LogP contribution in [0.3, 0.4) is 0 Å². The Balaban J connectivity index is 2.79. The van der Waals surface area contributed by atoms with Crippen molar-refractivity contribution in [2.45, 2.75) is 0 Å². The second-order valence-corrected chi connectivity index (χ2v) is 2.22. The molecule has 0 heterocycles. The van der Waals surface area contributed by atoms with Crippen molar-refractivity contribution in [2.75, 3.05) is 7.05 Å². The van der Waals surface area contributed by atoms with Crippen molar-refractivity contribution >= 4 is 6.09 Å². The summed E-state index contributed by atoms with van der Waals surface area (Å²) in [7, 11) is 1.36. The van der Waals surface area contributed by atoms with Gasteiger partial charge >= 0.3 is 6.09 Å². The standard InChI is InChI=1S/C8H7F2NO2/c1-11-8(12)13-5-2-3-6(9)7(10)4-5/h2-4H,1H3,(H,11,12). The highest BCUT2D eigenvalue weighted by molar-refractivity contribution is 5.69. The summed E-state index contributed by atoms with van der Waals surface area (Å²) in [5.41, 5.74) is 0. The average molecular weight is 187 g/mol. The first-order chi connectivity index (χ1) is 6.13. The summed E-state index contributed by atoms with van der Waals surface area (Å²) >= 11 is 0. The second kappa shape index (κ2) is 3.84. The number of amides is 1. The number of benzene rings is 1. The van der Waals surface area contributed by atoms with Crippen LogP contribution in [0.25, 0.3) is 0 Å². The van der Waals surface area contributed by atoms with Crippen molar-refractivity contribution in [2.24, 2.45) is 0 Å². The lowest BCUT2D eigenvalue weighted by Gasteiger charge is -2.02. The van der Waals surface area contributed by atoms with Gasteiger partial charge in [-0.1, -0.05) is 0 Å². The van der Waals surface area contributed by atoms with Crippen LogP contribution in [0, 0.1) is 11.6 Å². The zero-order valence-electron chi connectivity index (χ0n) is 6.80. The molecule has 1 aromatic rings. The largest absolute Gasteiger partial charge is 0.412 e. The Morgan fingerprint density at radius 1 is 1.38 bits per heavy atom. The molecule has 0 aliphatic rings. The quantitative estimate of drug-likeness (QED) is 0.726. The molecule has 0 fully saturated rings. The van der Waals surface area contributed by atoms with Crippen LogP contribution in [0.15, 0.2) is 18.2 Å². The molecule has 0 aliphatic carbocycles. The fraction of sp³-hybridized carbons (Fsp3) is 0.125. The Kier molecular flexibility index (Phi) is 2.79. The van der Waals surface area contributed by atoms with Gasteiger partial charge in [-0.2, -0.15) is 0 Å². The minimum absolute atomic E-state index is 0.0433. The minimum atomic E-state index is -1.05. The number of halogens is 2. The molecule has 1 N–H and O–H groups in total. The van der Waals surface area contributed by atoms with Crippen LogP contribution in [0.2, 0.25) is 0 Å². The van der Waals surface area contributed by atoms with Gasteiger partial charge in [0.2, 0.25) is 0 Å². The highest BCUT2D eigenvalue weighted by Crippen LogP contribution is 2.15. The number of rotatable bonds is 1. The van der Waals surface area contributed by atoms with E-state index in [9.17, 15) is 13.6 Å². The number of carbonyl (C=O) groups is 1. The predicted molar refractivity (Wildman–Crippen MR) is 41.4 cm³/mol. The van der Waals surface area contributed by atoms with E-state index in [1.54, 1.807) is 0 Å². The summed E-state index contributed by atoms with van der Waals surface area (Å²) < 4.78 is 29.5. The van der Waals surface area contributed by atoms with Gasteiger partial charge in [0, 0.05) is 13.1 Å². The van der Waals surface area contributed by atoms with Crippen molar-refractivity contribution in [1.82, 2.24) is 5.32 Å². The number of hydrogen-bond donors (Lipinski definition) is 1. The van der Waals surface area contributed by atoms with Crippen LogP contribution in [0.4, 0.5) is 13.6 Å². The molecule has 0 aliphatic heterocycles. The SMILES string of the molecule is CNC(=O)Oc1ccc(F)c(F)c1. The maximum atomic E-state index is 12.5. The highest BCUT2D eigenvalue weighted by atomic mass is 19.2. The summed E-state index contributed by atoms with van der Waals surface area (Å²) in [6.45, 7) is 0. The van der Waals surface area contributed by atoms with Crippen LogP contribution < -0.4 is 10.1 Å². The molecule has 1 rings (SSSR count). The van der Waals surface area contributed by atoms with Crippen LogP contribution in [-0.4, -0.2) is 13.1 Å². The van der Waals surface area contributed by atoms with E-state index in [2.05, 4.69) is 10.1 Å². The Labute approximate surface area is 73.3 Å². The van der Waals surface area contributed by atoms with Gasteiger partial charge in [0.1, 0.15) is 5.75 Å². The Hall–Kier alpha value is -1.65. The summed E-state index contributed by atoms with van der Waals surface area (Å²) in [6.07, 6.45) is -0.731. The monoisotopic (exact) mass is 187 g/mol. The zero-order chi connectivity index (χ0) is 9.84. The molecule has 3 nitrogen and oxygen atoms in total. The molecule has 0 saturated heterocycles. The van der Waals surface area contributed by atoms with Gasteiger partial charge in [-0.3, -0.25) is 0 Å². The highest BCUT2D eigenvalue weighted by Gasteiger charge is 2.05. The molecule has 0 atom stereocenters. The molecule has 1 aromatic carbocycles. The molecule has 0 spiro atoms. The van der Waals surface area contributed by atoms with Gasteiger partial charge in [-0.25, -0.2) is 13.6 Å². The van der Waals surface area contributed by atoms with E-state index in [0.717, 1.165) is 18.2 Å². The maximum absolute atomic E-state index is 12.5. The van der Waals surface area contributed by atoms with E-state index >= 15 is 0 Å². The van der Waals surface area contributed by atoms with Gasteiger partial charge < -0.3 is 10.1 Å². The van der Waals surface area contributed by atoms with Crippen molar-refractivity contribution < 1.29 is 18.3 Å². The van der Waals surface area contributed by atoms with E-state index in [1.807, 2.05) is 0 Å². The Bertz CT molecular complexity index is 328. The smallest absolute Gasteiger partial charge is 0.410 e. The fourth-order valence-corrected chi connectivity index (χ4v) is 0.698. The van der Waals surface area contributed by atoms with Crippen LogP contribution in [0.5, 0.6) is 5.75 Å². The number of carbonyl (C=O) groups excluding carboxylic acids is 1. The van der Waals surface area contributed by atoms with E-state index < -0.39 is 17.7 Å². The lowest BCUT2D eigenvalue weighted by Crippen LogP contribution is -2.22. The van der Waals surface area contributed by atoms with Gasteiger partial charge in [-0.05, 0) is 12.1 Å². The molecule has 0 radical (unpaired) electrons. The fourth-order valence-electron chi connectivity index (χ4n) is 0.698. The number of ether oxygens (including phenoxy) is 1. The zero-order valence-corrected chi connectivity index (χ0v) is 6.80. The summed E-state index contributed by atoms with van der Waals surface area (Å²) in [6, 6.07) is 2.84. The second-order valence-electron chi connectivity index (χ2n) is 2.22. The molecule has 0 bridgehead atoms. The molecule has 0 aromatic heterocycles. The van der Waals surface area contributed by atoms with E-state index in [4.69, 9.17) is 0 Å². The van der Waals surface area contributed by atoms with E-state index in [1.165, 1.54) is 7.05 Å². The summed E-state index contributed by atoms with van der Waals surface area (Å²) in [4.78, 5) is 10.6. The van der Waals surface area contributed by atoms with Crippen molar-refractivity contribution in [3.05, 3.63) is 29.8 Å². The molecule has 5 heteroatoms. The van der Waals surface area contributed by atoms with Crippen molar-refractivity contribution in [3.63, 3.8) is 0 Å². The lowest BCUT2D eigenvalue weighted by molar-refractivity contribution is 0.202. The lowest BCUT2D eigenvalue weighted by atomic mass is 10.3. The molecule has 13 heavy (non-hydrogen) atoms. The Morgan fingerprint density at radius 2 is 2.08 bits per heavy atom. The van der Waals surface area contributed by atoms with Gasteiger partial charge in [-0.15, -0.1) is 0 Å². The van der Waals surface area contributed by atoms with Crippen LogP contribution >= 0.6 is 0 Å². The maximum Gasteiger partial charge on any atom is 0.412 e. The first-order valence-corrected chi connectivity index (χ1v) is 3.48. The number of nitrogens with one attached hydrogen (secondary N) is 1. The molecule has 1 amide bonds. The van der Waals surface area contributed by atoms with Crippen molar-refractivity contribution in [1.29, 1.82) is 0 Å². The number of hydrogen-bond acceptors (Lipinski definition) is 2. The molecule has 70 valence electrons. The third-order valence-electron chi connectivity index (χ3n) is 1.31. The topological polar surface area (TPSA) is 38.3 Å². The van der Waals surface area contributed by atoms with E-state index in [0.29, 0.717) is 0 Å². The van der Waals surface area contributed by atoms with Crippen LogP contribution in [0.1, 0.15) is 0 Å². The normalized spacial score (nSPS) is 9.46. The summed E-state index contributed by atoms with van der Waals surface area (Å²) in [5.74, 6) is -2.08. The van der Waals surface area contributed by atoms with Gasteiger partial charge in [0.25, 0.3) is 0 Å². The first-order valence-electron chi connectivity index (χ1n) is 3.48. The van der Waals surface area contributed by atoms with E-state index in [-0.39, 0.29) is 5.75 Å². The third kappa shape index (κ3) is 2.40. The third-order valence-corrected chi connectivity index (χ3v) is 1.31. The van der Waals surface area contributed by atoms with Gasteiger partial charge in [0.05, 0.1) is 0 Å². The molecule has 0 unspecified atom stereocenters. The van der Waals surface area contributed by atoms with Gasteiger partial charge in [0.15, 0.2) is 11.6 Å². The minimum Gasteiger partial charge on any atom is -0.410 e. The first kappa shape index (κ1) is 9.44. The molecular weight excluding hydrogens is 180 g/mol. The summed E-state index contributed by atoms with van der Waals surface area (Å²) in [5, 5.41) is 2.17. The molecular formula is C8H7F2NO2. The predicted octanol–water partition coefficient (Wildman–Crippen LogP) is 1.68.